The normalized spacial score (nSPS) is 13.7. The maximum atomic E-state index is 13.7. The molecule has 7 nitrogen and oxygen atoms in total. The summed E-state index contributed by atoms with van der Waals surface area (Å²) in [6, 6.07) is 21.7. The van der Waals surface area contributed by atoms with Crippen LogP contribution in [0.4, 0.5) is 11.4 Å². The van der Waals surface area contributed by atoms with Gasteiger partial charge >= 0.3 is 0 Å². The molecule has 1 saturated heterocycles. The second-order valence-electron chi connectivity index (χ2n) is 9.22. The summed E-state index contributed by atoms with van der Waals surface area (Å²) in [5.41, 5.74) is 3.42. The number of amides is 1. The minimum absolute atomic E-state index is 0.116. The van der Waals surface area contributed by atoms with Crippen molar-refractivity contribution in [2.75, 3.05) is 35.4 Å². The van der Waals surface area contributed by atoms with Crippen LogP contribution in [0.25, 0.3) is 0 Å². The summed E-state index contributed by atoms with van der Waals surface area (Å²) in [5, 5.41) is 2.88. The van der Waals surface area contributed by atoms with Gasteiger partial charge in [-0.25, -0.2) is 8.42 Å². The quantitative estimate of drug-likeness (QED) is 0.411. The Labute approximate surface area is 220 Å². The number of para-hydroxylation sites is 2. The molecule has 8 heteroatoms. The summed E-state index contributed by atoms with van der Waals surface area (Å²) in [6.07, 6.45) is 3.71. The number of hydrogen-bond acceptors (Lipinski definition) is 5. The van der Waals surface area contributed by atoms with Crippen LogP contribution in [0.5, 0.6) is 5.75 Å². The molecule has 0 atom stereocenters. The molecule has 0 bridgehead atoms. The number of aryl methyl sites for hydroxylation is 1. The van der Waals surface area contributed by atoms with Gasteiger partial charge in [0.1, 0.15) is 12.3 Å². The van der Waals surface area contributed by atoms with E-state index in [1.807, 2.05) is 26.0 Å². The molecule has 4 rings (SSSR count). The summed E-state index contributed by atoms with van der Waals surface area (Å²) >= 11 is 0. The Morgan fingerprint density at radius 2 is 1.62 bits per heavy atom. The number of nitrogens with zero attached hydrogens (tertiary/aromatic N) is 2. The largest absolute Gasteiger partial charge is 0.492 e. The van der Waals surface area contributed by atoms with Crippen molar-refractivity contribution in [1.29, 1.82) is 0 Å². The Bertz CT molecular complexity index is 1290. The number of sulfonamides is 1. The zero-order valence-corrected chi connectivity index (χ0v) is 22.3. The molecular formula is C29H35N3O4S. The molecule has 1 aliphatic heterocycles. The number of nitrogens with one attached hydrogen (secondary N) is 1. The van der Waals surface area contributed by atoms with Gasteiger partial charge in [-0.2, -0.15) is 0 Å². The molecule has 0 unspecified atom stereocenters. The van der Waals surface area contributed by atoms with E-state index in [1.165, 1.54) is 24.9 Å². The number of carbonyl (C=O) groups is 1. The number of anilines is 2. The fourth-order valence-electron chi connectivity index (χ4n) is 4.44. The van der Waals surface area contributed by atoms with Gasteiger partial charge in [-0.3, -0.25) is 9.10 Å². The Hall–Kier alpha value is -3.52. The van der Waals surface area contributed by atoms with E-state index in [4.69, 9.17) is 4.74 Å². The molecule has 196 valence electrons. The Balaban J connectivity index is 1.51. The van der Waals surface area contributed by atoms with Crippen LogP contribution in [-0.4, -0.2) is 40.6 Å². The molecule has 1 amide bonds. The topological polar surface area (TPSA) is 79.0 Å². The van der Waals surface area contributed by atoms with Gasteiger partial charge in [0.2, 0.25) is 5.91 Å². The highest BCUT2D eigenvalue weighted by Gasteiger charge is 2.29. The molecule has 1 aliphatic rings. The summed E-state index contributed by atoms with van der Waals surface area (Å²) in [5.74, 6) is 0.00360. The average molecular weight is 522 g/mol. The molecule has 0 saturated carbocycles. The fourth-order valence-corrected chi connectivity index (χ4v) is 5.87. The maximum Gasteiger partial charge on any atom is 0.264 e. The van der Waals surface area contributed by atoms with Crippen molar-refractivity contribution >= 4 is 27.3 Å². The second kappa shape index (κ2) is 12.1. The van der Waals surface area contributed by atoms with Crippen LogP contribution in [0.3, 0.4) is 0 Å². The predicted molar refractivity (Wildman–Crippen MR) is 148 cm³/mol. The minimum Gasteiger partial charge on any atom is -0.492 e. The molecular weight excluding hydrogens is 486 g/mol. The molecule has 37 heavy (non-hydrogen) atoms. The summed E-state index contributed by atoms with van der Waals surface area (Å²) in [7, 11) is -4.02. The maximum absolute atomic E-state index is 13.7. The van der Waals surface area contributed by atoms with Crippen molar-refractivity contribution in [3.8, 4) is 5.75 Å². The number of rotatable bonds is 10. The predicted octanol–water partition coefficient (Wildman–Crippen LogP) is 4.90. The third-order valence-electron chi connectivity index (χ3n) is 6.48. The van der Waals surface area contributed by atoms with Gasteiger partial charge in [-0.05, 0) is 75.1 Å². The van der Waals surface area contributed by atoms with Gasteiger partial charge in [0.15, 0.2) is 0 Å². The number of carbonyl (C=O) groups excluding carboxylic acids is 1. The van der Waals surface area contributed by atoms with Crippen molar-refractivity contribution in [2.45, 2.75) is 44.6 Å². The Morgan fingerprint density at radius 1 is 0.946 bits per heavy atom. The summed E-state index contributed by atoms with van der Waals surface area (Å²) in [4.78, 5) is 15.6. The molecule has 0 aliphatic carbocycles. The van der Waals surface area contributed by atoms with Gasteiger partial charge in [-0.1, -0.05) is 42.0 Å². The van der Waals surface area contributed by atoms with Crippen molar-refractivity contribution in [2.24, 2.45) is 0 Å². The van der Waals surface area contributed by atoms with E-state index < -0.39 is 15.9 Å². The third kappa shape index (κ3) is 6.63. The number of piperidine rings is 1. The fraction of sp³-hybridized carbons (Fsp3) is 0.345. The second-order valence-corrected chi connectivity index (χ2v) is 11.1. The first-order chi connectivity index (χ1) is 17.9. The molecule has 3 aromatic rings. The van der Waals surface area contributed by atoms with Gasteiger partial charge in [0, 0.05) is 25.3 Å². The lowest BCUT2D eigenvalue weighted by molar-refractivity contribution is -0.119. The van der Waals surface area contributed by atoms with E-state index in [9.17, 15) is 13.2 Å². The molecule has 1 heterocycles. The van der Waals surface area contributed by atoms with Crippen LogP contribution < -0.4 is 19.3 Å². The zero-order valence-electron chi connectivity index (χ0n) is 21.5. The number of benzene rings is 3. The van der Waals surface area contributed by atoms with Gasteiger partial charge < -0.3 is 15.0 Å². The third-order valence-corrected chi connectivity index (χ3v) is 8.25. The minimum atomic E-state index is -4.02. The van der Waals surface area contributed by atoms with E-state index in [2.05, 4.69) is 22.3 Å². The first kappa shape index (κ1) is 26.5. The van der Waals surface area contributed by atoms with E-state index in [0.717, 1.165) is 28.5 Å². The molecule has 3 aromatic carbocycles. The van der Waals surface area contributed by atoms with Crippen LogP contribution in [0.15, 0.2) is 77.7 Å². The monoisotopic (exact) mass is 521 g/mol. The van der Waals surface area contributed by atoms with Crippen LogP contribution in [0.2, 0.25) is 0 Å². The Kier molecular flexibility index (Phi) is 8.71. The number of ether oxygens (including phenoxy) is 1. The van der Waals surface area contributed by atoms with Crippen LogP contribution in [-0.2, 0) is 21.4 Å². The standard InChI is InChI=1S/C29H35N3O4S/c1-3-36-28-10-6-5-9-27(28)32(37(34,35)26-17-11-23(2)12-18-26)22-29(33)30-21-24-13-15-25(16-14-24)31-19-7-4-8-20-31/h5-6,9-18H,3-4,7-8,19-22H2,1-2H3,(H,30,33). The Morgan fingerprint density at radius 3 is 2.30 bits per heavy atom. The lowest BCUT2D eigenvalue weighted by atomic mass is 10.1. The molecule has 1 N–H and O–H groups in total. The number of hydrogen-bond donors (Lipinski definition) is 1. The molecule has 0 aromatic heterocycles. The van der Waals surface area contributed by atoms with E-state index >= 15 is 0 Å². The van der Waals surface area contributed by atoms with Gasteiger partial charge in [0.25, 0.3) is 10.0 Å². The lowest BCUT2D eigenvalue weighted by Crippen LogP contribution is -2.41. The average Bonchev–Trinajstić information content (AvgIpc) is 2.92. The molecule has 0 spiro atoms. The molecule has 1 fully saturated rings. The van der Waals surface area contributed by atoms with Crippen molar-refractivity contribution < 1.29 is 17.9 Å². The van der Waals surface area contributed by atoms with Crippen LogP contribution in [0, 0.1) is 6.92 Å². The van der Waals surface area contributed by atoms with E-state index in [1.54, 1.807) is 48.5 Å². The van der Waals surface area contributed by atoms with Crippen molar-refractivity contribution in [3.63, 3.8) is 0 Å². The highest BCUT2D eigenvalue weighted by molar-refractivity contribution is 7.92. The zero-order chi connectivity index (χ0) is 26.3. The van der Waals surface area contributed by atoms with E-state index in [0.29, 0.717) is 24.6 Å². The summed E-state index contributed by atoms with van der Waals surface area (Å²) in [6.45, 7) is 6.19. The summed E-state index contributed by atoms with van der Waals surface area (Å²) < 4.78 is 34.2. The smallest absolute Gasteiger partial charge is 0.264 e. The highest BCUT2D eigenvalue weighted by Crippen LogP contribution is 2.32. The lowest BCUT2D eigenvalue weighted by Gasteiger charge is -2.29. The first-order valence-electron chi connectivity index (χ1n) is 12.8. The van der Waals surface area contributed by atoms with Crippen LogP contribution in [0.1, 0.15) is 37.3 Å². The molecule has 0 radical (unpaired) electrons. The van der Waals surface area contributed by atoms with Crippen molar-refractivity contribution in [3.05, 3.63) is 83.9 Å². The first-order valence-corrected chi connectivity index (χ1v) is 14.2. The SMILES string of the molecule is CCOc1ccccc1N(CC(=O)NCc1ccc(N2CCCCC2)cc1)S(=O)(=O)c1ccc(C)cc1. The highest BCUT2D eigenvalue weighted by atomic mass is 32.2. The van der Waals surface area contributed by atoms with E-state index in [-0.39, 0.29) is 11.4 Å². The van der Waals surface area contributed by atoms with Gasteiger partial charge in [-0.15, -0.1) is 0 Å². The van der Waals surface area contributed by atoms with Crippen LogP contribution >= 0.6 is 0 Å². The van der Waals surface area contributed by atoms with Crippen molar-refractivity contribution in [1.82, 2.24) is 5.32 Å². The van der Waals surface area contributed by atoms with Gasteiger partial charge in [0.05, 0.1) is 17.2 Å².